The highest BCUT2D eigenvalue weighted by molar-refractivity contribution is 5.48. The summed E-state index contributed by atoms with van der Waals surface area (Å²) in [7, 11) is 0. The Morgan fingerprint density at radius 3 is 2.94 bits per heavy atom. The fraction of sp³-hybridized carbons (Fsp3) is 0.308. The van der Waals surface area contributed by atoms with Crippen LogP contribution >= 0.6 is 0 Å². The molecule has 1 aromatic heterocycles. The summed E-state index contributed by atoms with van der Waals surface area (Å²) >= 11 is 0. The van der Waals surface area contributed by atoms with Gasteiger partial charge in [-0.2, -0.15) is 5.10 Å². The largest absolute Gasteiger partial charge is 0.506 e. The van der Waals surface area contributed by atoms with Crippen LogP contribution in [0.5, 0.6) is 5.75 Å². The number of aromatic hydroxyl groups is 1. The van der Waals surface area contributed by atoms with Gasteiger partial charge in [-0.15, -0.1) is 0 Å². The number of hydrogen-bond acceptors (Lipinski definition) is 3. The van der Waals surface area contributed by atoms with Gasteiger partial charge in [-0.05, 0) is 31.9 Å². The van der Waals surface area contributed by atoms with Gasteiger partial charge in [0, 0.05) is 17.3 Å². The second-order valence-corrected chi connectivity index (χ2v) is 4.49. The van der Waals surface area contributed by atoms with Crippen LogP contribution in [0.2, 0.25) is 0 Å². The molecule has 4 heteroatoms. The second kappa shape index (κ2) is 3.60. The number of rotatable bonds is 1. The number of aromatic nitrogens is 2. The van der Waals surface area contributed by atoms with Crippen LogP contribution < -0.4 is 5.73 Å². The zero-order valence-corrected chi connectivity index (χ0v) is 9.72. The smallest absolute Gasteiger partial charge is 0.141 e. The molecule has 0 radical (unpaired) electrons. The first-order valence-corrected chi connectivity index (χ1v) is 5.81. The van der Waals surface area contributed by atoms with Crippen molar-refractivity contribution in [2.24, 2.45) is 5.73 Å². The van der Waals surface area contributed by atoms with E-state index in [1.54, 1.807) is 12.1 Å². The molecule has 1 heterocycles. The Morgan fingerprint density at radius 1 is 1.41 bits per heavy atom. The maximum absolute atomic E-state index is 9.88. The lowest BCUT2D eigenvalue weighted by Gasteiger charge is -2.07. The van der Waals surface area contributed by atoms with Gasteiger partial charge in [-0.25, -0.2) is 4.68 Å². The van der Waals surface area contributed by atoms with Gasteiger partial charge in [0.2, 0.25) is 0 Å². The van der Waals surface area contributed by atoms with Crippen molar-refractivity contribution in [1.82, 2.24) is 9.78 Å². The monoisotopic (exact) mass is 229 g/mol. The zero-order valence-electron chi connectivity index (χ0n) is 9.72. The van der Waals surface area contributed by atoms with Crippen LogP contribution in [-0.4, -0.2) is 14.9 Å². The standard InChI is InChI=1S/C13H15N3O/c1-8-13-9(14)6-7-11(13)16(15-8)10-4-2-3-5-12(10)17/h2-5,9,17H,6-7,14H2,1H3. The lowest BCUT2D eigenvalue weighted by Crippen LogP contribution is -2.06. The van der Waals surface area contributed by atoms with Crippen molar-refractivity contribution < 1.29 is 5.11 Å². The topological polar surface area (TPSA) is 64.1 Å². The summed E-state index contributed by atoms with van der Waals surface area (Å²) in [5.41, 5.74) is 10.0. The molecule has 1 aliphatic carbocycles. The molecule has 2 aromatic rings. The van der Waals surface area contributed by atoms with Gasteiger partial charge in [-0.3, -0.25) is 0 Å². The molecule has 0 bridgehead atoms. The molecule has 1 aromatic carbocycles. The summed E-state index contributed by atoms with van der Waals surface area (Å²) < 4.78 is 1.83. The highest BCUT2D eigenvalue weighted by Crippen LogP contribution is 2.34. The van der Waals surface area contributed by atoms with Gasteiger partial charge in [-0.1, -0.05) is 12.1 Å². The normalized spacial score (nSPS) is 18.4. The summed E-state index contributed by atoms with van der Waals surface area (Å²) in [5.74, 6) is 0.248. The molecule has 0 amide bonds. The summed E-state index contributed by atoms with van der Waals surface area (Å²) in [5, 5.41) is 14.4. The van der Waals surface area contributed by atoms with Crippen LogP contribution in [-0.2, 0) is 6.42 Å². The summed E-state index contributed by atoms with van der Waals surface area (Å²) in [6.07, 6.45) is 1.88. The SMILES string of the molecule is Cc1nn(-c2ccccc2O)c2c1C(N)CC2. The molecule has 17 heavy (non-hydrogen) atoms. The lowest BCUT2D eigenvalue weighted by molar-refractivity contribution is 0.469. The van der Waals surface area contributed by atoms with E-state index in [0.717, 1.165) is 35.5 Å². The fourth-order valence-corrected chi connectivity index (χ4v) is 2.59. The van der Waals surface area contributed by atoms with E-state index in [1.165, 1.54) is 0 Å². The predicted octanol–water partition coefficient (Wildman–Crippen LogP) is 1.83. The Labute approximate surface area is 99.7 Å². The van der Waals surface area contributed by atoms with Crippen LogP contribution in [0.3, 0.4) is 0 Å². The highest BCUT2D eigenvalue weighted by Gasteiger charge is 2.27. The van der Waals surface area contributed by atoms with Crippen molar-refractivity contribution in [3.05, 3.63) is 41.2 Å². The zero-order chi connectivity index (χ0) is 12.0. The Bertz CT molecular complexity index is 574. The summed E-state index contributed by atoms with van der Waals surface area (Å²) in [6, 6.07) is 7.33. The summed E-state index contributed by atoms with van der Waals surface area (Å²) in [4.78, 5) is 0. The third-order valence-electron chi connectivity index (χ3n) is 3.38. The maximum atomic E-state index is 9.88. The van der Waals surface area contributed by atoms with Gasteiger partial charge < -0.3 is 10.8 Å². The summed E-state index contributed by atoms with van der Waals surface area (Å²) in [6.45, 7) is 1.97. The molecular weight excluding hydrogens is 214 g/mol. The van der Waals surface area contributed by atoms with E-state index in [0.29, 0.717) is 0 Å². The molecular formula is C13H15N3O. The molecule has 0 saturated carbocycles. The molecule has 1 atom stereocenters. The molecule has 3 N–H and O–H groups in total. The molecule has 0 spiro atoms. The quantitative estimate of drug-likeness (QED) is 0.784. The highest BCUT2D eigenvalue weighted by atomic mass is 16.3. The van der Waals surface area contributed by atoms with Crippen molar-refractivity contribution in [1.29, 1.82) is 0 Å². The lowest BCUT2D eigenvalue weighted by atomic mass is 10.1. The molecule has 4 nitrogen and oxygen atoms in total. The Morgan fingerprint density at radius 2 is 2.18 bits per heavy atom. The molecule has 1 unspecified atom stereocenters. The van der Waals surface area contributed by atoms with E-state index in [9.17, 15) is 5.11 Å². The molecule has 0 saturated heterocycles. The van der Waals surface area contributed by atoms with Gasteiger partial charge in [0.1, 0.15) is 11.4 Å². The van der Waals surface area contributed by atoms with Gasteiger partial charge >= 0.3 is 0 Å². The van der Waals surface area contributed by atoms with Crippen LogP contribution in [0.25, 0.3) is 5.69 Å². The Kier molecular flexibility index (Phi) is 2.19. The van der Waals surface area contributed by atoms with Crippen molar-refractivity contribution >= 4 is 0 Å². The average molecular weight is 229 g/mol. The fourth-order valence-electron chi connectivity index (χ4n) is 2.59. The van der Waals surface area contributed by atoms with Gasteiger partial charge in [0.15, 0.2) is 0 Å². The number of nitrogens with zero attached hydrogens (tertiary/aromatic N) is 2. The van der Waals surface area contributed by atoms with Crippen molar-refractivity contribution in [2.75, 3.05) is 0 Å². The van der Waals surface area contributed by atoms with Crippen molar-refractivity contribution in [3.63, 3.8) is 0 Å². The second-order valence-electron chi connectivity index (χ2n) is 4.49. The maximum Gasteiger partial charge on any atom is 0.141 e. The minimum Gasteiger partial charge on any atom is -0.506 e. The number of hydrogen-bond donors (Lipinski definition) is 2. The number of phenols is 1. The van der Waals surface area contributed by atoms with Crippen molar-refractivity contribution in [2.45, 2.75) is 25.8 Å². The first-order valence-electron chi connectivity index (χ1n) is 5.81. The number of benzene rings is 1. The molecule has 0 aliphatic heterocycles. The van der Waals surface area contributed by atoms with E-state index >= 15 is 0 Å². The number of para-hydroxylation sites is 2. The van der Waals surface area contributed by atoms with E-state index < -0.39 is 0 Å². The average Bonchev–Trinajstić information content (AvgIpc) is 2.83. The Balaban J connectivity index is 2.21. The molecule has 0 fully saturated rings. The third kappa shape index (κ3) is 1.45. The van der Waals surface area contributed by atoms with Gasteiger partial charge in [0.25, 0.3) is 0 Å². The molecule has 3 rings (SSSR count). The Hall–Kier alpha value is -1.81. The minimum absolute atomic E-state index is 0.0876. The number of phenolic OH excluding ortho intramolecular Hbond substituents is 1. The van der Waals surface area contributed by atoms with Crippen LogP contribution in [0.1, 0.15) is 29.4 Å². The first-order chi connectivity index (χ1) is 8.18. The van der Waals surface area contributed by atoms with E-state index in [-0.39, 0.29) is 11.8 Å². The number of nitrogens with two attached hydrogens (primary N) is 1. The van der Waals surface area contributed by atoms with Crippen LogP contribution in [0.4, 0.5) is 0 Å². The van der Waals surface area contributed by atoms with Crippen LogP contribution in [0.15, 0.2) is 24.3 Å². The van der Waals surface area contributed by atoms with E-state index in [1.807, 2.05) is 23.7 Å². The van der Waals surface area contributed by atoms with E-state index in [4.69, 9.17) is 5.73 Å². The number of fused-ring (bicyclic) bond motifs is 1. The van der Waals surface area contributed by atoms with Crippen LogP contribution in [0, 0.1) is 6.92 Å². The molecule has 1 aliphatic rings. The predicted molar refractivity (Wildman–Crippen MR) is 65.2 cm³/mol. The van der Waals surface area contributed by atoms with E-state index in [2.05, 4.69) is 5.10 Å². The number of aryl methyl sites for hydroxylation is 1. The van der Waals surface area contributed by atoms with Crippen molar-refractivity contribution in [3.8, 4) is 11.4 Å². The first kappa shape index (κ1) is 10.4. The minimum atomic E-state index is 0.0876. The third-order valence-corrected chi connectivity index (χ3v) is 3.38. The van der Waals surface area contributed by atoms with Gasteiger partial charge in [0.05, 0.1) is 5.69 Å². The molecule has 88 valence electrons.